The number of hydrogen-bond donors (Lipinski definition) is 2. The summed E-state index contributed by atoms with van der Waals surface area (Å²) in [6, 6.07) is 9.30. The maximum atomic E-state index is 12.3. The van der Waals surface area contributed by atoms with E-state index in [9.17, 15) is 14.7 Å². The molecule has 0 aliphatic rings. The molecule has 0 saturated heterocycles. The molecule has 2 rings (SSSR count). The molecule has 0 radical (unpaired) electrons. The van der Waals surface area contributed by atoms with Gasteiger partial charge in [-0.25, -0.2) is 4.79 Å². The van der Waals surface area contributed by atoms with Gasteiger partial charge in [0.2, 0.25) is 5.91 Å². The Bertz CT molecular complexity index is 643. The van der Waals surface area contributed by atoms with Crippen molar-refractivity contribution in [1.82, 2.24) is 5.32 Å². The molecule has 0 bridgehead atoms. The maximum Gasteiger partial charge on any atom is 0.329 e. The van der Waals surface area contributed by atoms with Crippen molar-refractivity contribution in [2.45, 2.75) is 38.6 Å². The minimum atomic E-state index is -1.27. The van der Waals surface area contributed by atoms with Crippen molar-refractivity contribution in [3.63, 3.8) is 0 Å². The van der Waals surface area contributed by atoms with E-state index in [1.165, 1.54) is 6.92 Å². The summed E-state index contributed by atoms with van der Waals surface area (Å²) in [5.41, 5.74) is -0.555. The van der Waals surface area contributed by atoms with E-state index in [1.807, 2.05) is 30.3 Å². The van der Waals surface area contributed by atoms with Crippen LogP contribution in [0.4, 0.5) is 0 Å². The lowest BCUT2D eigenvalue weighted by atomic mass is 9.97. The van der Waals surface area contributed by atoms with Crippen LogP contribution in [0.25, 0.3) is 11.0 Å². The summed E-state index contributed by atoms with van der Waals surface area (Å²) in [6.45, 7) is 4.92. The number of para-hydroxylation sites is 1. The molecule has 21 heavy (non-hydrogen) atoms. The van der Waals surface area contributed by atoms with Crippen LogP contribution in [0.5, 0.6) is 0 Å². The molecule has 0 fully saturated rings. The number of hydrogen-bond acceptors (Lipinski definition) is 3. The molecule has 5 nitrogen and oxygen atoms in total. The minimum absolute atomic E-state index is 0.306. The molecular weight excluding hydrogens is 270 g/mol. The molecule has 1 amide bonds. The Morgan fingerprint density at radius 3 is 2.62 bits per heavy atom. The third kappa shape index (κ3) is 2.91. The normalized spacial score (nSPS) is 15.4. The topological polar surface area (TPSA) is 79.5 Å². The Morgan fingerprint density at radius 2 is 2.05 bits per heavy atom. The zero-order chi connectivity index (χ0) is 15.6. The lowest BCUT2D eigenvalue weighted by Crippen LogP contribution is -2.52. The molecule has 0 saturated carbocycles. The summed E-state index contributed by atoms with van der Waals surface area (Å²) in [7, 11) is 0. The number of nitrogens with one attached hydrogen (secondary N) is 1. The number of furan rings is 1. The van der Waals surface area contributed by atoms with E-state index < -0.39 is 17.4 Å². The number of rotatable bonds is 5. The quantitative estimate of drug-likeness (QED) is 0.887. The number of carbonyl (C=O) groups excluding carboxylic acids is 1. The highest BCUT2D eigenvalue weighted by Crippen LogP contribution is 2.25. The Hall–Kier alpha value is -2.30. The van der Waals surface area contributed by atoms with Crippen LogP contribution in [0.15, 0.2) is 34.7 Å². The van der Waals surface area contributed by atoms with E-state index in [0.29, 0.717) is 17.8 Å². The number of carbonyl (C=O) groups is 2. The Morgan fingerprint density at radius 1 is 1.38 bits per heavy atom. The Balaban J connectivity index is 2.21. The smallest absolute Gasteiger partial charge is 0.329 e. The monoisotopic (exact) mass is 289 g/mol. The van der Waals surface area contributed by atoms with Gasteiger partial charge in [-0.1, -0.05) is 25.1 Å². The predicted molar refractivity (Wildman–Crippen MR) is 79.1 cm³/mol. The van der Waals surface area contributed by atoms with Crippen molar-refractivity contribution < 1.29 is 19.1 Å². The molecule has 2 N–H and O–H groups in total. The van der Waals surface area contributed by atoms with Gasteiger partial charge in [0.1, 0.15) is 16.9 Å². The minimum Gasteiger partial charge on any atom is -0.480 e. The Kier molecular flexibility index (Phi) is 4.02. The van der Waals surface area contributed by atoms with Gasteiger partial charge in [-0.3, -0.25) is 4.79 Å². The van der Waals surface area contributed by atoms with Gasteiger partial charge < -0.3 is 14.8 Å². The van der Waals surface area contributed by atoms with Crippen molar-refractivity contribution in [2.75, 3.05) is 0 Å². The first-order chi connectivity index (χ1) is 9.87. The van der Waals surface area contributed by atoms with Gasteiger partial charge in [-0.15, -0.1) is 0 Å². The fourth-order valence-corrected chi connectivity index (χ4v) is 2.02. The van der Waals surface area contributed by atoms with E-state index in [-0.39, 0.29) is 5.91 Å². The highest BCUT2D eigenvalue weighted by molar-refractivity contribution is 5.90. The number of aliphatic carboxylic acids is 1. The summed E-state index contributed by atoms with van der Waals surface area (Å²) < 4.78 is 5.65. The summed E-state index contributed by atoms with van der Waals surface area (Å²) in [5.74, 6) is -1.43. The lowest BCUT2D eigenvalue weighted by molar-refractivity contribution is -0.147. The van der Waals surface area contributed by atoms with E-state index in [1.54, 1.807) is 13.8 Å². The Labute approximate surface area is 122 Å². The molecular formula is C16H19NO4. The van der Waals surface area contributed by atoms with E-state index in [0.717, 1.165) is 5.39 Å². The number of amides is 1. The summed E-state index contributed by atoms with van der Waals surface area (Å²) in [5, 5.41) is 12.7. The zero-order valence-electron chi connectivity index (χ0n) is 12.3. The fourth-order valence-electron chi connectivity index (χ4n) is 2.02. The number of carboxylic acid groups (broad SMARTS) is 1. The molecule has 2 atom stereocenters. The van der Waals surface area contributed by atoms with Gasteiger partial charge in [0.25, 0.3) is 0 Å². The number of benzene rings is 1. The zero-order valence-corrected chi connectivity index (χ0v) is 12.3. The van der Waals surface area contributed by atoms with Crippen LogP contribution < -0.4 is 5.32 Å². The molecule has 1 aromatic carbocycles. The molecule has 0 aliphatic carbocycles. The first-order valence-corrected chi connectivity index (χ1v) is 6.91. The van der Waals surface area contributed by atoms with Crippen LogP contribution in [0.3, 0.4) is 0 Å². The van der Waals surface area contributed by atoms with Gasteiger partial charge >= 0.3 is 5.97 Å². The van der Waals surface area contributed by atoms with Gasteiger partial charge in [-0.05, 0) is 32.4 Å². The second-order valence-electron chi connectivity index (χ2n) is 5.39. The van der Waals surface area contributed by atoms with Crippen molar-refractivity contribution >= 4 is 22.8 Å². The van der Waals surface area contributed by atoms with Gasteiger partial charge in [0.15, 0.2) is 0 Å². The average molecular weight is 289 g/mol. The van der Waals surface area contributed by atoms with Crippen molar-refractivity contribution in [3.8, 4) is 0 Å². The first kappa shape index (κ1) is 15.1. The van der Waals surface area contributed by atoms with Crippen LogP contribution in [0.2, 0.25) is 0 Å². The largest absolute Gasteiger partial charge is 0.480 e. The SMILES string of the molecule is CCC(C)(NC(=O)C(C)c1cc2ccccc2o1)C(=O)O. The molecule has 0 aliphatic heterocycles. The third-order valence-corrected chi connectivity index (χ3v) is 3.84. The predicted octanol–water partition coefficient (Wildman–Crippen LogP) is 2.91. The van der Waals surface area contributed by atoms with Crippen LogP contribution in [0.1, 0.15) is 38.9 Å². The summed E-state index contributed by atoms with van der Waals surface area (Å²) in [6.07, 6.45) is 0.306. The van der Waals surface area contributed by atoms with Crippen molar-refractivity contribution in [1.29, 1.82) is 0 Å². The maximum absolute atomic E-state index is 12.3. The summed E-state index contributed by atoms with van der Waals surface area (Å²) in [4.78, 5) is 23.5. The highest BCUT2D eigenvalue weighted by atomic mass is 16.4. The third-order valence-electron chi connectivity index (χ3n) is 3.84. The molecule has 1 aromatic heterocycles. The highest BCUT2D eigenvalue weighted by Gasteiger charge is 2.34. The van der Waals surface area contributed by atoms with Gasteiger partial charge in [0.05, 0.1) is 5.92 Å². The molecule has 112 valence electrons. The van der Waals surface area contributed by atoms with E-state index in [4.69, 9.17) is 4.42 Å². The van der Waals surface area contributed by atoms with Gasteiger partial charge in [-0.2, -0.15) is 0 Å². The number of carboxylic acids is 1. The molecule has 2 unspecified atom stereocenters. The van der Waals surface area contributed by atoms with Crippen LogP contribution in [-0.2, 0) is 9.59 Å². The molecule has 5 heteroatoms. The standard InChI is InChI=1S/C16H19NO4/c1-4-16(3,15(19)20)17-14(18)10(2)13-9-11-7-5-6-8-12(11)21-13/h5-10H,4H2,1-3H3,(H,17,18)(H,19,20). The fraction of sp³-hybridized carbons (Fsp3) is 0.375. The van der Waals surface area contributed by atoms with Crippen molar-refractivity contribution in [3.05, 3.63) is 36.1 Å². The van der Waals surface area contributed by atoms with Crippen LogP contribution in [0, 0.1) is 0 Å². The summed E-state index contributed by atoms with van der Waals surface area (Å²) >= 11 is 0. The first-order valence-electron chi connectivity index (χ1n) is 6.91. The second-order valence-corrected chi connectivity index (χ2v) is 5.39. The van der Waals surface area contributed by atoms with Gasteiger partial charge in [0, 0.05) is 5.39 Å². The van der Waals surface area contributed by atoms with Crippen molar-refractivity contribution in [2.24, 2.45) is 0 Å². The average Bonchev–Trinajstić information content (AvgIpc) is 2.89. The van der Waals surface area contributed by atoms with E-state index in [2.05, 4.69) is 5.32 Å². The molecule has 0 spiro atoms. The molecule has 2 aromatic rings. The van der Waals surface area contributed by atoms with E-state index >= 15 is 0 Å². The lowest BCUT2D eigenvalue weighted by Gasteiger charge is -2.25. The van der Waals surface area contributed by atoms with Crippen LogP contribution >= 0.6 is 0 Å². The molecule has 1 heterocycles. The number of fused-ring (bicyclic) bond motifs is 1. The second kappa shape index (κ2) is 5.60. The van der Waals surface area contributed by atoms with Crippen LogP contribution in [-0.4, -0.2) is 22.5 Å².